The Morgan fingerprint density at radius 1 is 1.18 bits per heavy atom. The van der Waals surface area contributed by atoms with Gasteiger partial charge in [0.2, 0.25) is 5.91 Å². The fourth-order valence-corrected chi connectivity index (χ4v) is 4.42. The topological polar surface area (TPSA) is 105 Å². The molecular formula is C25H34N4O4Si. The Kier molecular flexibility index (Phi) is 7.47. The normalized spacial score (nSPS) is 13.0. The maximum absolute atomic E-state index is 13.0. The Morgan fingerprint density at radius 3 is 2.56 bits per heavy atom. The molecule has 1 unspecified atom stereocenters. The van der Waals surface area contributed by atoms with Crippen LogP contribution in [-0.4, -0.2) is 47.9 Å². The standard InChI is InChI=1S/C25H34N4O4Si/c1-17-8-7-9-20(14-17)29-22-15-19(11-10-18(22)16-26-29)27-23(30)21(28-24(31)32)12-13-33-34(5,6)25(2,3)4/h7-11,14-16,21,28H,12-13H2,1-6H3,(H,27,30)(H,31,32). The fourth-order valence-electron chi connectivity index (χ4n) is 3.36. The van der Waals surface area contributed by atoms with Crippen LogP contribution in [0.1, 0.15) is 32.8 Å². The van der Waals surface area contributed by atoms with Gasteiger partial charge in [0.15, 0.2) is 8.32 Å². The summed E-state index contributed by atoms with van der Waals surface area (Å²) in [6, 6.07) is 12.6. The van der Waals surface area contributed by atoms with Gasteiger partial charge in [0.25, 0.3) is 0 Å². The first kappa shape index (κ1) is 25.4. The summed E-state index contributed by atoms with van der Waals surface area (Å²) >= 11 is 0. The fraction of sp³-hybridized carbons (Fsp3) is 0.400. The highest BCUT2D eigenvalue weighted by Crippen LogP contribution is 2.36. The number of benzene rings is 2. The van der Waals surface area contributed by atoms with Crippen LogP contribution in [0.3, 0.4) is 0 Å². The number of amides is 2. The van der Waals surface area contributed by atoms with Gasteiger partial charge in [-0.3, -0.25) is 4.79 Å². The molecule has 0 aliphatic heterocycles. The van der Waals surface area contributed by atoms with E-state index in [-0.39, 0.29) is 11.5 Å². The summed E-state index contributed by atoms with van der Waals surface area (Å²) in [4.78, 5) is 24.3. The molecule has 0 saturated heterocycles. The molecule has 0 aliphatic carbocycles. The molecule has 0 saturated carbocycles. The molecule has 2 amide bonds. The van der Waals surface area contributed by atoms with Crippen LogP contribution in [0, 0.1) is 6.92 Å². The summed E-state index contributed by atoms with van der Waals surface area (Å²) in [6.07, 6.45) is 0.769. The van der Waals surface area contributed by atoms with Crippen LogP contribution in [-0.2, 0) is 9.22 Å². The van der Waals surface area contributed by atoms with Crippen LogP contribution in [0.25, 0.3) is 16.6 Å². The summed E-state index contributed by atoms with van der Waals surface area (Å²) in [5.74, 6) is -0.429. The molecule has 34 heavy (non-hydrogen) atoms. The van der Waals surface area contributed by atoms with Gasteiger partial charge in [-0.05, 0) is 67.4 Å². The number of hydrogen-bond acceptors (Lipinski definition) is 4. The molecule has 3 N–H and O–H groups in total. The maximum atomic E-state index is 13.0. The number of carbonyl (C=O) groups is 2. The van der Waals surface area contributed by atoms with E-state index in [0.29, 0.717) is 12.3 Å². The predicted octanol–water partition coefficient (Wildman–Crippen LogP) is 5.32. The van der Waals surface area contributed by atoms with Crippen LogP contribution >= 0.6 is 0 Å². The zero-order chi connectivity index (χ0) is 25.1. The molecule has 0 aliphatic rings. The van der Waals surface area contributed by atoms with E-state index in [4.69, 9.17) is 4.43 Å². The van der Waals surface area contributed by atoms with Gasteiger partial charge >= 0.3 is 6.09 Å². The molecule has 0 radical (unpaired) electrons. The first-order valence-corrected chi connectivity index (χ1v) is 14.3. The lowest BCUT2D eigenvalue weighted by atomic mass is 10.1. The van der Waals surface area contributed by atoms with Crippen LogP contribution in [0.5, 0.6) is 0 Å². The SMILES string of the molecule is Cc1cccc(-n2ncc3ccc(NC(=O)C(CCO[Si](C)(C)C(C)(C)C)NC(=O)O)cc32)c1. The van der Waals surface area contributed by atoms with Gasteiger partial charge in [-0.15, -0.1) is 0 Å². The van der Waals surface area contributed by atoms with Crippen LogP contribution < -0.4 is 10.6 Å². The Bertz CT molecular complexity index is 1180. The van der Waals surface area contributed by atoms with E-state index in [1.54, 1.807) is 12.3 Å². The molecule has 1 atom stereocenters. The van der Waals surface area contributed by atoms with Crippen molar-refractivity contribution in [2.24, 2.45) is 0 Å². The van der Waals surface area contributed by atoms with E-state index in [0.717, 1.165) is 22.2 Å². The second-order valence-corrected chi connectivity index (χ2v) is 14.9. The van der Waals surface area contributed by atoms with E-state index in [1.807, 2.05) is 48.0 Å². The monoisotopic (exact) mass is 482 g/mol. The van der Waals surface area contributed by atoms with E-state index >= 15 is 0 Å². The average Bonchev–Trinajstić information content (AvgIpc) is 3.15. The number of rotatable bonds is 8. The van der Waals surface area contributed by atoms with Crippen molar-refractivity contribution < 1.29 is 19.1 Å². The van der Waals surface area contributed by atoms with Gasteiger partial charge in [-0.25, -0.2) is 9.48 Å². The van der Waals surface area contributed by atoms with Gasteiger partial charge in [-0.1, -0.05) is 32.9 Å². The van der Waals surface area contributed by atoms with Crippen LogP contribution in [0.15, 0.2) is 48.7 Å². The lowest BCUT2D eigenvalue weighted by Crippen LogP contribution is -2.46. The van der Waals surface area contributed by atoms with Crippen molar-refractivity contribution in [1.82, 2.24) is 15.1 Å². The molecule has 3 rings (SSSR count). The van der Waals surface area contributed by atoms with E-state index in [9.17, 15) is 14.7 Å². The highest BCUT2D eigenvalue weighted by Gasteiger charge is 2.37. The van der Waals surface area contributed by atoms with Crippen molar-refractivity contribution in [3.05, 3.63) is 54.2 Å². The molecule has 0 fully saturated rings. The summed E-state index contributed by atoms with van der Waals surface area (Å²) in [7, 11) is -2.00. The van der Waals surface area contributed by atoms with Gasteiger partial charge in [0.05, 0.1) is 17.4 Å². The minimum absolute atomic E-state index is 0.0284. The Hall–Kier alpha value is -3.17. The van der Waals surface area contributed by atoms with Crippen molar-refractivity contribution in [3.8, 4) is 5.69 Å². The third-order valence-corrected chi connectivity index (χ3v) is 10.9. The van der Waals surface area contributed by atoms with Crippen LogP contribution in [0.4, 0.5) is 10.5 Å². The van der Waals surface area contributed by atoms with Crippen LogP contribution in [0.2, 0.25) is 18.1 Å². The Labute approximate surface area is 201 Å². The highest BCUT2D eigenvalue weighted by molar-refractivity contribution is 6.74. The smallest absolute Gasteiger partial charge is 0.405 e. The van der Waals surface area contributed by atoms with Gasteiger partial charge < -0.3 is 20.2 Å². The van der Waals surface area contributed by atoms with Crippen molar-refractivity contribution in [3.63, 3.8) is 0 Å². The third kappa shape index (κ3) is 6.03. The molecule has 3 aromatic rings. The number of aromatic nitrogens is 2. The molecule has 9 heteroatoms. The largest absolute Gasteiger partial charge is 0.465 e. The number of nitrogens with zero attached hydrogens (tertiary/aromatic N) is 2. The van der Waals surface area contributed by atoms with Crippen molar-refractivity contribution in [2.75, 3.05) is 11.9 Å². The number of nitrogens with one attached hydrogen (secondary N) is 2. The number of fused-ring (bicyclic) bond motifs is 1. The van der Waals surface area contributed by atoms with E-state index < -0.39 is 26.4 Å². The molecular weight excluding hydrogens is 448 g/mol. The Balaban J connectivity index is 1.76. The first-order chi connectivity index (χ1) is 15.9. The van der Waals surface area contributed by atoms with Crippen molar-refractivity contribution in [2.45, 2.75) is 58.3 Å². The van der Waals surface area contributed by atoms with E-state index in [1.165, 1.54) is 0 Å². The number of carbonyl (C=O) groups excluding carboxylic acids is 1. The molecule has 0 spiro atoms. The molecule has 1 aromatic heterocycles. The number of aryl methyl sites for hydroxylation is 1. The molecule has 182 valence electrons. The lowest BCUT2D eigenvalue weighted by molar-refractivity contribution is -0.118. The van der Waals surface area contributed by atoms with Gasteiger partial charge in [-0.2, -0.15) is 5.10 Å². The lowest BCUT2D eigenvalue weighted by Gasteiger charge is -2.36. The molecule has 0 bridgehead atoms. The molecule has 1 heterocycles. The number of hydrogen-bond donors (Lipinski definition) is 3. The summed E-state index contributed by atoms with van der Waals surface area (Å²) < 4.78 is 7.96. The highest BCUT2D eigenvalue weighted by atomic mass is 28.4. The second kappa shape index (κ2) is 9.98. The minimum atomic E-state index is -2.00. The maximum Gasteiger partial charge on any atom is 0.405 e. The number of anilines is 1. The zero-order valence-corrected chi connectivity index (χ0v) is 21.7. The summed E-state index contributed by atoms with van der Waals surface area (Å²) in [6.45, 7) is 13.0. The van der Waals surface area contributed by atoms with Crippen molar-refractivity contribution in [1.29, 1.82) is 0 Å². The van der Waals surface area contributed by atoms with E-state index in [2.05, 4.69) is 49.6 Å². The quantitative estimate of drug-likeness (QED) is 0.377. The first-order valence-electron chi connectivity index (χ1n) is 11.4. The second-order valence-electron chi connectivity index (χ2n) is 10.1. The minimum Gasteiger partial charge on any atom is -0.465 e. The summed E-state index contributed by atoms with van der Waals surface area (Å²) in [5.41, 5.74) is 3.45. The average molecular weight is 483 g/mol. The number of carboxylic acid groups (broad SMARTS) is 1. The van der Waals surface area contributed by atoms with Crippen molar-refractivity contribution >= 4 is 36.9 Å². The third-order valence-electron chi connectivity index (χ3n) is 6.37. The zero-order valence-electron chi connectivity index (χ0n) is 20.7. The van der Waals surface area contributed by atoms with Gasteiger partial charge in [0, 0.05) is 17.7 Å². The molecule has 2 aromatic carbocycles. The van der Waals surface area contributed by atoms with Gasteiger partial charge in [0.1, 0.15) is 6.04 Å². The Morgan fingerprint density at radius 2 is 1.91 bits per heavy atom. The summed E-state index contributed by atoms with van der Waals surface area (Å²) in [5, 5.41) is 19.9. The molecule has 8 nitrogen and oxygen atoms in total. The predicted molar refractivity (Wildman–Crippen MR) is 137 cm³/mol.